The third-order valence-electron chi connectivity index (χ3n) is 5.13. The number of amides is 1. The van der Waals surface area contributed by atoms with Gasteiger partial charge in [-0.25, -0.2) is 0 Å². The summed E-state index contributed by atoms with van der Waals surface area (Å²) in [5, 5.41) is 3.13. The first-order valence-corrected chi connectivity index (χ1v) is 9.01. The molecule has 0 unspecified atom stereocenters. The van der Waals surface area contributed by atoms with Gasteiger partial charge in [0, 0.05) is 25.6 Å². The number of para-hydroxylation sites is 1. The van der Waals surface area contributed by atoms with E-state index in [0.29, 0.717) is 30.2 Å². The van der Waals surface area contributed by atoms with Crippen molar-refractivity contribution in [3.8, 4) is 0 Å². The minimum atomic E-state index is -0.129. The Balaban J connectivity index is 1.45. The van der Waals surface area contributed by atoms with Gasteiger partial charge in [-0.05, 0) is 37.3 Å². The van der Waals surface area contributed by atoms with Crippen LogP contribution in [0.1, 0.15) is 36.0 Å². The van der Waals surface area contributed by atoms with Gasteiger partial charge in [0.2, 0.25) is 0 Å². The van der Waals surface area contributed by atoms with Crippen molar-refractivity contribution in [3.05, 3.63) is 36.2 Å². The Labute approximate surface area is 146 Å². The molecule has 2 fully saturated rings. The van der Waals surface area contributed by atoms with E-state index in [1.54, 1.807) is 18.5 Å². The van der Waals surface area contributed by atoms with Gasteiger partial charge in [0.25, 0.3) is 5.91 Å². The molecule has 2 atom stereocenters. The number of fused-ring (bicyclic) bond motifs is 1. The second kappa shape index (κ2) is 7.45. The molecule has 1 amide bonds. The standard InChI is InChI=1S/C19H23N3O3/c23-19(14-5-2-6-16-18(14)21-9-8-20-16)22-15-7-10-24-12-17(15)25-11-13-3-1-4-13/h2,5-6,8-9,13,15,17H,1,3-4,7,10-12H2,(H,22,23)/t15-,17-/m1/s1. The zero-order chi connectivity index (χ0) is 17.1. The molecule has 4 rings (SSSR count). The van der Waals surface area contributed by atoms with E-state index >= 15 is 0 Å². The summed E-state index contributed by atoms with van der Waals surface area (Å²) >= 11 is 0. The molecule has 1 saturated heterocycles. The molecule has 6 heteroatoms. The van der Waals surface area contributed by atoms with Crippen molar-refractivity contribution in [3.63, 3.8) is 0 Å². The van der Waals surface area contributed by atoms with Crippen LogP contribution in [-0.4, -0.2) is 47.8 Å². The topological polar surface area (TPSA) is 73.3 Å². The average Bonchev–Trinajstić information content (AvgIpc) is 2.61. The number of rotatable bonds is 5. The molecular weight excluding hydrogens is 318 g/mol. The van der Waals surface area contributed by atoms with Gasteiger partial charge in [-0.3, -0.25) is 14.8 Å². The van der Waals surface area contributed by atoms with E-state index in [0.717, 1.165) is 18.5 Å². The minimum Gasteiger partial charge on any atom is -0.379 e. The Morgan fingerprint density at radius 2 is 2.12 bits per heavy atom. The van der Waals surface area contributed by atoms with E-state index in [9.17, 15) is 4.79 Å². The maximum Gasteiger partial charge on any atom is 0.253 e. The second-order valence-electron chi connectivity index (χ2n) is 6.84. The van der Waals surface area contributed by atoms with Crippen LogP contribution in [0.5, 0.6) is 0 Å². The maximum atomic E-state index is 12.8. The number of carbonyl (C=O) groups is 1. The molecule has 0 bridgehead atoms. The lowest BCUT2D eigenvalue weighted by Gasteiger charge is -2.34. The fourth-order valence-corrected chi connectivity index (χ4v) is 3.38. The Hall–Kier alpha value is -2.05. The molecule has 2 aliphatic rings. The molecule has 1 aliphatic carbocycles. The van der Waals surface area contributed by atoms with Crippen LogP contribution >= 0.6 is 0 Å². The molecule has 132 valence electrons. The van der Waals surface area contributed by atoms with Crippen LogP contribution < -0.4 is 5.32 Å². The molecule has 1 aromatic carbocycles. The van der Waals surface area contributed by atoms with Crippen molar-refractivity contribution < 1.29 is 14.3 Å². The highest BCUT2D eigenvalue weighted by Crippen LogP contribution is 2.27. The van der Waals surface area contributed by atoms with E-state index in [1.807, 2.05) is 12.1 Å². The first-order chi connectivity index (χ1) is 12.3. The van der Waals surface area contributed by atoms with E-state index in [1.165, 1.54) is 19.3 Å². The molecule has 1 N–H and O–H groups in total. The van der Waals surface area contributed by atoms with Crippen LogP contribution in [0.3, 0.4) is 0 Å². The van der Waals surface area contributed by atoms with Crippen LogP contribution in [0.4, 0.5) is 0 Å². The number of ether oxygens (including phenoxy) is 2. The zero-order valence-corrected chi connectivity index (χ0v) is 14.2. The van der Waals surface area contributed by atoms with Gasteiger partial charge in [-0.1, -0.05) is 12.5 Å². The Morgan fingerprint density at radius 1 is 1.24 bits per heavy atom. The highest BCUT2D eigenvalue weighted by molar-refractivity contribution is 6.04. The number of aromatic nitrogens is 2. The number of hydrogen-bond donors (Lipinski definition) is 1. The number of carbonyl (C=O) groups excluding carboxylic acids is 1. The first kappa shape index (κ1) is 16.4. The third kappa shape index (κ3) is 3.65. The summed E-state index contributed by atoms with van der Waals surface area (Å²) in [5.74, 6) is 0.543. The second-order valence-corrected chi connectivity index (χ2v) is 6.84. The van der Waals surface area contributed by atoms with E-state index in [-0.39, 0.29) is 18.1 Å². The molecule has 1 aliphatic heterocycles. The van der Waals surface area contributed by atoms with E-state index in [2.05, 4.69) is 15.3 Å². The highest BCUT2D eigenvalue weighted by Gasteiger charge is 2.30. The van der Waals surface area contributed by atoms with Crippen LogP contribution in [0, 0.1) is 5.92 Å². The van der Waals surface area contributed by atoms with Gasteiger partial charge in [-0.15, -0.1) is 0 Å². The molecule has 2 heterocycles. The smallest absolute Gasteiger partial charge is 0.253 e. The van der Waals surface area contributed by atoms with Gasteiger partial charge in [0.1, 0.15) is 11.6 Å². The molecule has 0 spiro atoms. The van der Waals surface area contributed by atoms with Crippen molar-refractivity contribution in [2.75, 3.05) is 19.8 Å². The summed E-state index contributed by atoms with van der Waals surface area (Å²) < 4.78 is 11.6. The summed E-state index contributed by atoms with van der Waals surface area (Å²) in [5.41, 5.74) is 1.90. The number of hydrogen-bond acceptors (Lipinski definition) is 5. The highest BCUT2D eigenvalue weighted by atomic mass is 16.5. The third-order valence-corrected chi connectivity index (χ3v) is 5.13. The molecule has 1 saturated carbocycles. The fraction of sp³-hybridized carbons (Fsp3) is 0.526. The van der Waals surface area contributed by atoms with Gasteiger partial charge in [0.15, 0.2) is 0 Å². The predicted octanol–water partition coefficient (Wildman–Crippen LogP) is 2.33. The number of nitrogens with one attached hydrogen (secondary N) is 1. The van der Waals surface area contributed by atoms with Crippen LogP contribution in [0.25, 0.3) is 11.0 Å². The summed E-state index contributed by atoms with van der Waals surface area (Å²) in [6.45, 7) is 1.94. The predicted molar refractivity (Wildman–Crippen MR) is 93.3 cm³/mol. The summed E-state index contributed by atoms with van der Waals surface area (Å²) in [4.78, 5) is 21.4. The number of nitrogens with zero attached hydrogens (tertiary/aromatic N) is 2. The lowest BCUT2D eigenvalue weighted by molar-refractivity contribution is -0.0819. The molecule has 1 aromatic heterocycles. The molecule has 2 aromatic rings. The molecule has 25 heavy (non-hydrogen) atoms. The van der Waals surface area contributed by atoms with Gasteiger partial charge in [0.05, 0.1) is 23.7 Å². The fourth-order valence-electron chi connectivity index (χ4n) is 3.38. The Morgan fingerprint density at radius 3 is 2.96 bits per heavy atom. The SMILES string of the molecule is O=C(N[C@@H]1CCOC[C@H]1OCC1CCC1)c1cccc2nccnc12. The summed E-state index contributed by atoms with van der Waals surface area (Å²) in [7, 11) is 0. The first-order valence-electron chi connectivity index (χ1n) is 9.01. The van der Waals surface area contributed by atoms with E-state index in [4.69, 9.17) is 9.47 Å². The number of benzene rings is 1. The van der Waals surface area contributed by atoms with Crippen LogP contribution in [0.2, 0.25) is 0 Å². The summed E-state index contributed by atoms with van der Waals surface area (Å²) in [6, 6.07) is 5.45. The summed E-state index contributed by atoms with van der Waals surface area (Å²) in [6.07, 6.45) is 7.72. The van der Waals surface area contributed by atoms with Crippen molar-refractivity contribution in [1.29, 1.82) is 0 Å². The Kier molecular flexibility index (Phi) is 4.90. The van der Waals surface area contributed by atoms with Gasteiger partial charge >= 0.3 is 0 Å². The maximum absolute atomic E-state index is 12.8. The molecule has 0 radical (unpaired) electrons. The average molecular weight is 341 g/mol. The van der Waals surface area contributed by atoms with Crippen molar-refractivity contribution in [1.82, 2.24) is 15.3 Å². The lowest BCUT2D eigenvalue weighted by Crippen LogP contribution is -2.50. The Bertz CT molecular complexity index is 742. The van der Waals surface area contributed by atoms with Crippen molar-refractivity contribution >= 4 is 16.9 Å². The van der Waals surface area contributed by atoms with Crippen molar-refractivity contribution in [2.24, 2.45) is 5.92 Å². The normalized spacial score (nSPS) is 24.0. The van der Waals surface area contributed by atoms with Crippen molar-refractivity contribution in [2.45, 2.75) is 37.8 Å². The van der Waals surface area contributed by atoms with Crippen LogP contribution in [0.15, 0.2) is 30.6 Å². The molecule has 6 nitrogen and oxygen atoms in total. The van der Waals surface area contributed by atoms with Crippen LogP contribution in [-0.2, 0) is 9.47 Å². The van der Waals surface area contributed by atoms with Gasteiger partial charge in [-0.2, -0.15) is 0 Å². The quantitative estimate of drug-likeness (QED) is 0.903. The van der Waals surface area contributed by atoms with Gasteiger partial charge < -0.3 is 14.8 Å². The monoisotopic (exact) mass is 341 g/mol. The lowest BCUT2D eigenvalue weighted by atomic mass is 9.86. The minimum absolute atomic E-state index is 0.0340. The van der Waals surface area contributed by atoms with E-state index < -0.39 is 0 Å². The largest absolute Gasteiger partial charge is 0.379 e. The zero-order valence-electron chi connectivity index (χ0n) is 14.2. The molecular formula is C19H23N3O3.